The number of hydrogen-bond donors (Lipinski definition) is 3. The molecule has 2 aromatic heterocycles. The summed E-state index contributed by atoms with van der Waals surface area (Å²) in [4.78, 5) is 26.3. The Labute approximate surface area is 200 Å². The van der Waals surface area contributed by atoms with E-state index in [1.165, 1.54) is 4.68 Å². The topological polar surface area (TPSA) is 108 Å². The fraction of sp³-hybridized carbons (Fsp3) is 0.0370. The smallest absolute Gasteiger partial charge is 0.289 e. The summed E-state index contributed by atoms with van der Waals surface area (Å²) in [7, 11) is 0. The number of carbonyl (C=O) groups is 1. The number of H-pyrrole nitrogens is 2. The van der Waals surface area contributed by atoms with Crippen LogP contribution in [0.4, 0.5) is 0 Å². The Morgan fingerprint density at radius 1 is 0.914 bits per heavy atom. The van der Waals surface area contributed by atoms with E-state index in [0.717, 1.165) is 5.56 Å². The molecule has 0 fully saturated rings. The van der Waals surface area contributed by atoms with Gasteiger partial charge >= 0.3 is 0 Å². The molecule has 5 rings (SSSR count). The van der Waals surface area contributed by atoms with E-state index in [9.17, 15) is 9.59 Å². The van der Waals surface area contributed by atoms with Crippen molar-refractivity contribution in [1.29, 1.82) is 0 Å². The van der Waals surface area contributed by atoms with Gasteiger partial charge in [0, 0.05) is 16.8 Å². The maximum atomic E-state index is 13.4. The van der Waals surface area contributed by atoms with Crippen LogP contribution in [0.1, 0.15) is 27.3 Å². The van der Waals surface area contributed by atoms with E-state index in [1.807, 2.05) is 91.0 Å². The molecular weight excluding hydrogens is 440 g/mol. The van der Waals surface area contributed by atoms with Crippen LogP contribution in [0.25, 0.3) is 16.9 Å². The second-order valence-corrected chi connectivity index (χ2v) is 7.89. The van der Waals surface area contributed by atoms with Gasteiger partial charge in [0.2, 0.25) is 0 Å². The minimum absolute atomic E-state index is 0.257. The number of hydrogen-bond acceptors (Lipinski definition) is 4. The molecule has 0 unspecified atom stereocenters. The standard InChI is InChI=1S/C27H22N6O2/c1-18-24(27(35)33(32-18)21-15-9-4-10-16-21)25(20-13-7-3-8-14-20)30-31-26(34)23-17-22(28-29-23)19-11-5-2-6-12-19/h2-17,32H,1H3,(H,28,29)(H,31,34). The highest BCUT2D eigenvalue weighted by molar-refractivity contribution is 6.13. The van der Waals surface area contributed by atoms with Gasteiger partial charge in [-0.15, -0.1) is 0 Å². The molecule has 0 bridgehead atoms. The van der Waals surface area contributed by atoms with E-state index >= 15 is 0 Å². The average Bonchev–Trinajstić information content (AvgIpc) is 3.51. The van der Waals surface area contributed by atoms with Gasteiger partial charge in [-0.1, -0.05) is 78.9 Å². The number of para-hydroxylation sites is 1. The molecule has 0 saturated heterocycles. The summed E-state index contributed by atoms with van der Waals surface area (Å²) < 4.78 is 1.46. The van der Waals surface area contributed by atoms with Crippen molar-refractivity contribution in [3.8, 4) is 16.9 Å². The first-order valence-corrected chi connectivity index (χ1v) is 11.0. The molecule has 35 heavy (non-hydrogen) atoms. The molecule has 0 saturated carbocycles. The number of hydrazone groups is 1. The lowest BCUT2D eigenvalue weighted by atomic mass is 10.0. The molecule has 2 heterocycles. The monoisotopic (exact) mass is 462 g/mol. The predicted octanol–water partition coefficient (Wildman–Crippen LogP) is 4.05. The van der Waals surface area contributed by atoms with Gasteiger partial charge in [0.15, 0.2) is 0 Å². The number of aromatic nitrogens is 4. The van der Waals surface area contributed by atoms with Gasteiger partial charge in [0.25, 0.3) is 11.5 Å². The molecule has 0 aliphatic carbocycles. The molecule has 0 spiro atoms. The highest BCUT2D eigenvalue weighted by atomic mass is 16.2. The fourth-order valence-corrected chi connectivity index (χ4v) is 3.81. The first-order chi connectivity index (χ1) is 17.1. The van der Waals surface area contributed by atoms with Gasteiger partial charge in [0.1, 0.15) is 11.4 Å². The van der Waals surface area contributed by atoms with Gasteiger partial charge in [-0.25, -0.2) is 10.1 Å². The van der Waals surface area contributed by atoms with Crippen LogP contribution in [-0.4, -0.2) is 31.6 Å². The van der Waals surface area contributed by atoms with Crippen molar-refractivity contribution in [1.82, 2.24) is 25.4 Å². The van der Waals surface area contributed by atoms with E-state index in [-0.39, 0.29) is 11.3 Å². The second kappa shape index (κ2) is 9.48. The summed E-state index contributed by atoms with van der Waals surface area (Å²) in [6.45, 7) is 1.80. The van der Waals surface area contributed by atoms with Crippen molar-refractivity contribution in [3.63, 3.8) is 0 Å². The molecule has 8 nitrogen and oxygen atoms in total. The quantitative estimate of drug-likeness (QED) is 0.262. The first-order valence-electron chi connectivity index (χ1n) is 11.0. The lowest BCUT2D eigenvalue weighted by Gasteiger charge is -2.06. The van der Waals surface area contributed by atoms with E-state index in [4.69, 9.17) is 0 Å². The number of rotatable bonds is 6. The Bertz CT molecular complexity index is 1550. The van der Waals surface area contributed by atoms with E-state index in [1.54, 1.807) is 13.0 Å². The van der Waals surface area contributed by atoms with Crippen LogP contribution >= 0.6 is 0 Å². The van der Waals surface area contributed by atoms with Gasteiger partial charge in [-0.3, -0.25) is 19.8 Å². The minimum atomic E-state index is -0.468. The van der Waals surface area contributed by atoms with Crippen LogP contribution in [0.5, 0.6) is 0 Å². The summed E-state index contributed by atoms with van der Waals surface area (Å²) in [6, 6.07) is 29.8. The van der Waals surface area contributed by atoms with Gasteiger partial charge in [-0.05, 0) is 25.1 Å². The summed E-state index contributed by atoms with van der Waals surface area (Å²) >= 11 is 0. The number of benzene rings is 3. The Morgan fingerprint density at radius 3 is 2.23 bits per heavy atom. The third kappa shape index (κ3) is 4.45. The number of amides is 1. The highest BCUT2D eigenvalue weighted by Crippen LogP contribution is 2.17. The van der Waals surface area contributed by atoms with Crippen molar-refractivity contribution in [2.75, 3.05) is 0 Å². The maximum Gasteiger partial charge on any atom is 0.289 e. The average molecular weight is 463 g/mol. The van der Waals surface area contributed by atoms with Gasteiger partial charge in [-0.2, -0.15) is 10.2 Å². The SMILES string of the molecule is Cc1[nH]n(-c2ccccc2)c(=O)c1C(=NNC(=O)c1cc(-c2ccccc2)n[nH]1)c1ccccc1. The molecule has 8 heteroatoms. The molecule has 3 aromatic carbocycles. The third-order valence-electron chi connectivity index (χ3n) is 5.53. The van der Waals surface area contributed by atoms with E-state index in [0.29, 0.717) is 33.9 Å². The van der Waals surface area contributed by atoms with Gasteiger partial charge < -0.3 is 0 Å². The van der Waals surface area contributed by atoms with Gasteiger partial charge in [0.05, 0.1) is 16.9 Å². The van der Waals surface area contributed by atoms with Crippen LogP contribution in [0.15, 0.2) is 107 Å². The summed E-state index contributed by atoms with van der Waals surface area (Å²) in [5.74, 6) is -0.468. The Morgan fingerprint density at radius 2 is 1.54 bits per heavy atom. The Hall–Kier alpha value is -4.98. The zero-order valence-corrected chi connectivity index (χ0v) is 18.9. The number of nitrogens with one attached hydrogen (secondary N) is 3. The summed E-state index contributed by atoms with van der Waals surface area (Å²) in [6.07, 6.45) is 0. The van der Waals surface area contributed by atoms with Crippen molar-refractivity contribution >= 4 is 11.6 Å². The normalized spacial score (nSPS) is 11.4. The lowest BCUT2D eigenvalue weighted by Crippen LogP contribution is -2.25. The van der Waals surface area contributed by atoms with E-state index in [2.05, 4.69) is 25.8 Å². The number of aryl methyl sites for hydroxylation is 1. The van der Waals surface area contributed by atoms with Crippen LogP contribution in [-0.2, 0) is 0 Å². The largest absolute Gasteiger partial charge is 0.295 e. The molecule has 3 N–H and O–H groups in total. The lowest BCUT2D eigenvalue weighted by molar-refractivity contribution is 0.0950. The molecule has 0 atom stereocenters. The Balaban J connectivity index is 1.50. The predicted molar refractivity (Wildman–Crippen MR) is 135 cm³/mol. The summed E-state index contributed by atoms with van der Waals surface area (Å²) in [5, 5.41) is 14.5. The summed E-state index contributed by atoms with van der Waals surface area (Å²) in [5.41, 5.74) is 6.86. The van der Waals surface area contributed by atoms with Crippen molar-refractivity contribution in [2.45, 2.75) is 6.92 Å². The minimum Gasteiger partial charge on any atom is -0.295 e. The van der Waals surface area contributed by atoms with Crippen molar-refractivity contribution in [3.05, 3.63) is 130 Å². The molecule has 5 aromatic rings. The van der Waals surface area contributed by atoms with Crippen LogP contribution in [0.2, 0.25) is 0 Å². The third-order valence-corrected chi connectivity index (χ3v) is 5.53. The number of nitrogens with zero attached hydrogens (tertiary/aromatic N) is 3. The molecule has 0 radical (unpaired) electrons. The molecule has 0 aliphatic rings. The van der Waals surface area contributed by atoms with Crippen LogP contribution in [0.3, 0.4) is 0 Å². The van der Waals surface area contributed by atoms with Crippen LogP contribution < -0.4 is 11.0 Å². The number of aromatic amines is 2. The Kier molecular flexibility index (Phi) is 5.92. The molecule has 0 aliphatic heterocycles. The van der Waals surface area contributed by atoms with E-state index < -0.39 is 5.91 Å². The zero-order chi connectivity index (χ0) is 24.2. The molecular formula is C27H22N6O2. The zero-order valence-electron chi connectivity index (χ0n) is 18.9. The molecule has 172 valence electrons. The van der Waals surface area contributed by atoms with Crippen molar-refractivity contribution in [2.24, 2.45) is 5.10 Å². The first kappa shape index (κ1) is 21.8. The molecule has 1 amide bonds. The second-order valence-electron chi connectivity index (χ2n) is 7.89. The number of carbonyl (C=O) groups excluding carboxylic acids is 1. The fourth-order valence-electron chi connectivity index (χ4n) is 3.81. The van der Waals surface area contributed by atoms with Crippen LogP contribution in [0, 0.1) is 6.92 Å². The maximum absolute atomic E-state index is 13.4. The van der Waals surface area contributed by atoms with Crippen molar-refractivity contribution < 1.29 is 4.79 Å². The highest BCUT2D eigenvalue weighted by Gasteiger charge is 2.20.